The first-order valence-corrected chi connectivity index (χ1v) is 3.43. The molecule has 0 amide bonds. The molecule has 0 aliphatic rings. The molecule has 58 valence electrons. The van der Waals surface area contributed by atoms with Gasteiger partial charge in [0.25, 0.3) is 0 Å². The van der Waals surface area contributed by atoms with Gasteiger partial charge < -0.3 is 0 Å². The van der Waals surface area contributed by atoms with Crippen LogP contribution < -0.4 is 0 Å². The minimum Gasteiger partial charge on any atom is -0.207 e. The monoisotopic (exact) mass is 146 g/mol. The minimum absolute atomic E-state index is 0.0469. The number of hydrogen-bond donors (Lipinski definition) is 0. The number of terminal acetylenes is 1. The molecule has 0 aromatic carbocycles. The van der Waals surface area contributed by atoms with E-state index >= 15 is 0 Å². The van der Waals surface area contributed by atoms with Crippen LogP contribution in [0.5, 0.6) is 0 Å². The highest BCUT2D eigenvalue weighted by Gasteiger charge is 2.25. The summed E-state index contributed by atoms with van der Waals surface area (Å²) < 4.78 is 25.0. The fourth-order valence-electron chi connectivity index (χ4n) is 0.746. The largest absolute Gasteiger partial charge is 0.249 e. The first-order chi connectivity index (χ1) is 4.62. The van der Waals surface area contributed by atoms with Gasteiger partial charge in [-0.15, -0.1) is 12.3 Å². The van der Waals surface area contributed by atoms with Crippen LogP contribution in [0.1, 0.15) is 32.6 Å². The molecule has 0 fully saturated rings. The molecular weight excluding hydrogens is 134 g/mol. The quantitative estimate of drug-likeness (QED) is 0.535. The standard InChI is InChI=1S/C8H12F2/c1-3-5-7-8(9,10)6-4-2/h1H,4-7H2,2H3. The van der Waals surface area contributed by atoms with Crippen LogP contribution in [0.2, 0.25) is 0 Å². The molecule has 0 rings (SSSR count). The first kappa shape index (κ1) is 9.42. The van der Waals surface area contributed by atoms with Gasteiger partial charge in [-0.25, -0.2) is 8.78 Å². The van der Waals surface area contributed by atoms with Crippen molar-refractivity contribution in [3.63, 3.8) is 0 Å². The molecule has 0 atom stereocenters. The SMILES string of the molecule is C#CCCC(F)(F)CCC. The molecule has 10 heavy (non-hydrogen) atoms. The lowest BCUT2D eigenvalue weighted by Crippen LogP contribution is -2.14. The Morgan fingerprint density at radius 1 is 1.40 bits per heavy atom. The van der Waals surface area contributed by atoms with E-state index in [4.69, 9.17) is 6.42 Å². The fraction of sp³-hybridized carbons (Fsp3) is 0.750. The van der Waals surface area contributed by atoms with Gasteiger partial charge in [-0.2, -0.15) is 0 Å². The van der Waals surface area contributed by atoms with Crippen LogP contribution in [-0.2, 0) is 0 Å². The summed E-state index contributed by atoms with van der Waals surface area (Å²) in [6.07, 6.45) is 5.32. The van der Waals surface area contributed by atoms with Crippen molar-refractivity contribution in [2.45, 2.75) is 38.5 Å². The van der Waals surface area contributed by atoms with E-state index in [2.05, 4.69) is 5.92 Å². The van der Waals surface area contributed by atoms with Gasteiger partial charge in [-0.3, -0.25) is 0 Å². The van der Waals surface area contributed by atoms with E-state index < -0.39 is 5.92 Å². The maximum Gasteiger partial charge on any atom is 0.249 e. The van der Waals surface area contributed by atoms with E-state index in [9.17, 15) is 8.78 Å². The van der Waals surface area contributed by atoms with E-state index in [0.29, 0.717) is 6.42 Å². The highest BCUT2D eigenvalue weighted by Crippen LogP contribution is 2.25. The Labute approximate surface area is 60.6 Å². The summed E-state index contributed by atoms with van der Waals surface area (Å²) in [7, 11) is 0. The van der Waals surface area contributed by atoms with Crippen LogP contribution in [0, 0.1) is 12.3 Å². The highest BCUT2D eigenvalue weighted by molar-refractivity contribution is 4.85. The Kier molecular flexibility index (Phi) is 4.02. The molecule has 0 heterocycles. The maximum absolute atomic E-state index is 12.5. The van der Waals surface area contributed by atoms with Crippen molar-refractivity contribution in [1.29, 1.82) is 0 Å². The van der Waals surface area contributed by atoms with Crippen molar-refractivity contribution in [2.75, 3.05) is 0 Å². The summed E-state index contributed by atoms with van der Waals surface area (Å²) in [6.45, 7) is 1.74. The third-order valence-electron chi connectivity index (χ3n) is 1.25. The topological polar surface area (TPSA) is 0 Å². The van der Waals surface area contributed by atoms with Crippen LogP contribution in [0.4, 0.5) is 8.78 Å². The Hall–Kier alpha value is -0.580. The zero-order valence-corrected chi connectivity index (χ0v) is 6.16. The van der Waals surface area contributed by atoms with E-state index in [1.54, 1.807) is 6.92 Å². The molecule has 0 aliphatic heterocycles. The molecule has 0 spiro atoms. The number of alkyl halides is 2. The average Bonchev–Trinajstić information content (AvgIpc) is 1.84. The maximum atomic E-state index is 12.5. The average molecular weight is 146 g/mol. The molecule has 2 heteroatoms. The van der Waals surface area contributed by atoms with E-state index in [0.717, 1.165) is 0 Å². The van der Waals surface area contributed by atoms with Gasteiger partial charge in [0.2, 0.25) is 5.92 Å². The minimum atomic E-state index is -2.54. The molecule has 0 saturated heterocycles. The van der Waals surface area contributed by atoms with Gasteiger partial charge in [0, 0.05) is 19.3 Å². The summed E-state index contributed by atoms with van der Waals surface area (Å²) in [4.78, 5) is 0. The number of rotatable bonds is 4. The van der Waals surface area contributed by atoms with Gasteiger partial charge in [-0.1, -0.05) is 13.3 Å². The fourth-order valence-corrected chi connectivity index (χ4v) is 0.746. The van der Waals surface area contributed by atoms with E-state index in [1.807, 2.05) is 0 Å². The lowest BCUT2D eigenvalue weighted by atomic mass is 10.1. The Balaban J connectivity index is 3.54. The van der Waals surface area contributed by atoms with Crippen molar-refractivity contribution >= 4 is 0 Å². The molecule has 0 aromatic rings. The van der Waals surface area contributed by atoms with Crippen LogP contribution in [0.25, 0.3) is 0 Å². The van der Waals surface area contributed by atoms with Gasteiger partial charge in [0.15, 0.2) is 0 Å². The van der Waals surface area contributed by atoms with E-state index in [1.165, 1.54) is 0 Å². The van der Waals surface area contributed by atoms with Crippen LogP contribution in [0.15, 0.2) is 0 Å². The zero-order chi connectivity index (χ0) is 8.04. The van der Waals surface area contributed by atoms with Crippen LogP contribution >= 0.6 is 0 Å². The smallest absolute Gasteiger partial charge is 0.207 e. The second-order valence-corrected chi connectivity index (χ2v) is 2.31. The molecule has 0 aliphatic carbocycles. The first-order valence-electron chi connectivity index (χ1n) is 3.43. The zero-order valence-electron chi connectivity index (χ0n) is 6.16. The van der Waals surface area contributed by atoms with Crippen LogP contribution in [-0.4, -0.2) is 5.92 Å². The van der Waals surface area contributed by atoms with Crippen molar-refractivity contribution in [3.8, 4) is 12.3 Å². The molecule has 0 bridgehead atoms. The lowest BCUT2D eigenvalue weighted by molar-refractivity contribution is -0.0152. The molecular formula is C8H12F2. The summed E-state index contributed by atoms with van der Waals surface area (Å²) in [5, 5.41) is 0. The predicted octanol–water partition coefficient (Wildman–Crippen LogP) is 2.84. The van der Waals surface area contributed by atoms with Gasteiger partial charge in [-0.05, 0) is 0 Å². The second-order valence-electron chi connectivity index (χ2n) is 2.31. The summed E-state index contributed by atoms with van der Waals surface area (Å²) >= 11 is 0. The Bertz CT molecular complexity index is 122. The van der Waals surface area contributed by atoms with Crippen molar-refractivity contribution in [1.82, 2.24) is 0 Å². The van der Waals surface area contributed by atoms with E-state index in [-0.39, 0.29) is 19.3 Å². The summed E-state index contributed by atoms with van der Waals surface area (Å²) in [5.74, 6) is -0.338. The van der Waals surface area contributed by atoms with Crippen molar-refractivity contribution in [3.05, 3.63) is 0 Å². The molecule has 0 radical (unpaired) electrons. The van der Waals surface area contributed by atoms with Crippen molar-refractivity contribution in [2.24, 2.45) is 0 Å². The molecule has 0 unspecified atom stereocenters. The number of hydrogen-bond acceptors (Lipinski definition) is 0. The normalized spacial score (nSPS) is 11.0. The van der Waals surface area contributed by atoms with Crippen LogP contribution in [0.3, 0.4) is 0 Å². The third kappa shape index (κ3) is 4.31. The summed E-state index contributed by atoms with van der Waals surface area (Å²) in [6, 6.07) is 0. The Morgan fingerprint density at radius 3 is 2.40 bits per heavy atom. The molecule has 0 nitrogen and oxygen atoms in total. The Morgan fingerprint density at radius 2 is 2.00 bits per heavy atom. The van der Waals surface area contributed by atoms with Gasteiger partial charge in [0.1, 0.15) is 0 Å². The highest BCUT2D eigenvalue weighted by atomic mass is 19.3. The number of halogens is 2. The van der Waals surface area contributed by atoms with Gasteiger partial charge in [0.05, 0.1) is 0 Å². The molecule has 0 aromatic heterocycles. The summed E-state index contributed by atoms with van der Waals surface area (Å²) in [5.41, 5.74) is 0. The molecule has 0 N–H and O–H groups in total. The lowest BCUT2D eigenvalue weighted by Gasteiger charge is -2.12. The van der Waals surface area contributed by atoms with Crippen molar-refractivity contribution < 1.29 is 8.78 Å². The predicted molar refractivity (Wildman–Crippen MR) is 37.9 cm³/mol. The van der Waals surface area contributed by atoms with Gasteiger partial charge >= 0.3 is 0 Å². The third-order valence-corrected chi connectivity index (χ3v) is 1.25. The molecule has 0 saturated carbocycles. The second kappa shape index (κ2) is 4.27.